The SMILES string of the molecule is O=C(CCCc1c[nH]c2ccccc12)N1CCN(c2ncn[nH]2)CC1. The number of anilines is 1. The van der Waals surface area contributed by atoms with Crippen LogP contribution in [0.2, 0.25) is 0 Å². The lowest BCUT2D eigenvalue weighted by Gasteiger charge is -2.34. The van der Waals surface area contributed by atoms with Gasteiger partial charge in [-0.25, -0.2) is 5.10 Å². The van der Waals surface area contributed by atoms with Crippen LogP contribution in [0.5, 0.6) is 0 Å². The fourth-order valence-corrected chi connectivity index (χ4v) is 3.45. The Kier molecular flexibility index (Phi) is 4.37. The maximum atomic E-state index is 12.4. The number of H-pyrrole nitrogens is 2. The highest BCUT2D eigenvalue weighted by molar-refractivity contribution is 5.83. The van der Waals surface area contributed by atoms with Gasteiger partial charge in [-0.2, -0.15) is 10.1 Å². The molecule has 1 fully saturated rings. The normalized spacial score (nSPS) is 15.0. The van der Waals surface area contributed by atoms with Crippen molar-refractivity contribution in [2.45, 2.75) is 19.3 Å². The smallest absolute Gasteiger partial charge is 0.222 e. The van der Waals surface area contributed by atoms with E-state index in [1.807, 2.05) is 11.0 Å². The number of carbonyl (C=O) groups excluding carboxylic acids is 1. The molecule has 0 radical (unpaired) electrons. The van der Waals surface area contributed by atoms with Crippen molar-refractivity contribution < 1.29 is 4.79 Å². The minimum atomic E-state index is 0.247. The standard InChI is InChI=1S/C18H22N6O/c25-17(23-8-10-24(11-9-23)18-20-13-21-22-18)7-3-4-14-12-19-16-6-2-1-5-15(14)16/h1-2,5-6,12-13,19H,3-4,7-11H2,(H,20,21,22). The van der Waals surface area contributed by atoms with Gasteiger partial charge in [0, 0.05) is 49.7 Å². The summed E-state index contributed by atoms with van der Waals surface area (Å²) >= 11 is 0. The Morgan fingerprint density at radius 1 is 1.16 bits per heavy atom. The number of carbonyl (C=O) groups is 1. The first-order chi connectivity index (χ1) is 12.3. The summed E-state index contributed by atoms with van der Waals surface area (Å²) < 4.78 is 0. The lowest BCUT2D eigenvalue weighted by atomic mass is 10.1. The average molecular weight is 338 g/mol. The zero-order chi connectivity index (χ0) is 17.1. The van der Waals surface area contributed by atoms with Gasteiger partial charge in [0.05, 0.1) is 0 Å². The van der Waals surface area contributed by atoms with Gasteiger partial charge in [-0.15, -0.1) is 0 Å². The van der Waals surface area contributed by atoms with Gasteiger partial charge in [-0.05, 0) is 24.5 Å². The van der Waals surface area contributed by atoms with Crippen molar-refractivity contribution in [3.63, 3.8) is 0 Å². The van der Waals surface area contributed by atoms with Crippen molar-refractivity contribution in [3.05, 3.63) is 42.4 Å². The second kappa shape index (κ2) is 6.96. The number of hydrogen-bond acceptors (Lipinski definition) is 4. The van der Waals surface area contributed by atoms with E-state index in [4.69, 9.17) is 0 Å². The molecule has 1 saturated heterocycles. The first-order valence-corrected chi connectivity index (χ1v) is 8.74. The maximum absolute atomic E-state index is 12.4. The molecule has 0 bridgehead atoms. The van der Waals surface area contributed by atoms with Crippen molar-refractivity contribution in [1.82, 2.24) is 25.1 Å². The number of aryl methyl sites for hydroxylation is 1. The number of piperazine rings is 1. The predicted octanol–water partition coefficient (Wildman–Crippen LogP) is 1.96. The Hall–Kier alpha value is -2.83. The van der Waals surface area contributed by atoms with Crippen LogP contribution in [0.25, 0.3) is 10.9 Å². The van der Waals surface area contributed by atoms with E-state index in [1.54, 1.807) is 0 Å². The number of nitrogens with one attached hydrogen (secondary N) is 2. The quantitative estimate of drug-likeness (QED) is 0.745. The Morgan fingerprint density at radius 2 is 2.00 bits per heavy atom. The topological polar surface area (TPSA) is 80.9 Å². The van der Waals surface area contributed by atoms with Crippen molar-refractivity contribution in [2.75, 3.05) is 31.1 Å². The molecule has 1 aliphatic rings. The van der Waals surface area contributed by atoms with Crippen molar-refractivity contribution in [2.24, 2.45) is 0 Å². The van der Waals surface area contributed by atoms with Crippen LogP contribution in [-0.4, -0.2) is 57.2 Å². The molecule has 0 saturated carbocycles. The van der Waals surface area contributed by atoms with Gasteiger partial charge in [-0.1, -0.05) is 18.2 Å². The molecule has 7 nitrogen and oxygen atoms in total. The molecule has 0 aliphatic carbocycles. The number of fused-ring (bicyclic) bond motifs is 1. The zero-order valence-corrected chi connectivity index (χ0v) is 14.1. The molecule has 0 spiro atoms. The summed E-state index contributed by atoms with van der Waals surface area (Å²) in [6.07, 6.45) is 5.97. The number of benzene rings is 1. The van der Waals surface area contributed by atoms with Crippen LogP contribution >= 0.6 is 0 Å². The second-order valence-electron chi connectivity index (χ2n) is 6.39. The Balaban J connectivity index is 1.26. The second-order valence-corrected chi connectivity index (χ2v) is 6.39. The highest BCUT2D eigenvalue weighted by atomic mass is 16.2. The van der Waals surface area contributed by atoms with Crippen LogP contribution in [0.1, 0.15) is 18.4 Å². The molecule has 4 rings (SSSR count). The van der Waals surface area contributed by atoms with Gasteiger partial charge in [-0.3, -0.25) is 4.79 Å². The van der Waals surface area contributed by atoms with E-state index >= 15 is 0 Å². The molecule has 7 heteroatoms. The first-order valence-electron chi connectivity index (χ1n) is 8.74. The molecule has 130 valence electrons. The largest absolute Gasteiger partial charge is 0.361 e. The molecule has 0 unspecified atom stereocenters. The van der Waals surface area contributed by atoms with Crippen molar-refractivity contribution in [1.29, 1.82) is 0 Å². The van der Waals surface area contributed by atoms with E-state index in [9.17, 15) is 4.79 Å². The number of aromatic amines is 2. The minimum absolute atomic E-state index is 0.247. The summed E-state index contributed by atoms with van der Waals surface area (Å²) in [7, 11) is 0. The van der Waals surface area contributed by atoms with Gasteiger partial charge >= 0.3 is 0 Å². The highest BCUT2D eigenvalue weighted by Gasteiger charge is 2.22. The zero-order valence-electron chi connectivity index (χ0n) is 14.1. The van der Waals surface area contributed by atoms with Crippen LogP contribution in [0.3, 0.4) is 0 Å². The third-order valence-electron chi connectivity index (χ3n) is 4.85. The van der Waals surface area contributed by atoms with Crippen molar-refractivity contribution >= 4 is 22.8 Å². The summed E-state index contributed by atoms with van der Waals surface area (Å²) in [6, 6.07) is 8.30. The lowest BCUT2D eigenvalue weighted by molar-refractivity contribution is -0.131. The number of amides is 1. The van der Waals surface area contributed by atoms with Gasteiger partial charge in [0.15, 0.2) is 0 Å². The molecule has 1 aliphatic heterocycles. The van der Waals surface area contributed by atoms with Gasteiger partial charge in [0.1, 0.15) is 6.33 Å². The summed E-state index contributed by atoms with van der Waals surface area (Å²) in [5.74, 6) is 1.03. The van der Waals surface area contributed by atoms with E-state index in [0.29, 0.717) is 6.42 Å². The molecular formula is C18H22N6O. The monoisotopic (exact) mass is 338 g/mol. The van der Waals surface area contributed by atoms with Crippen LogP contribution in [-0.2, 0) is 11.2 Å². The molecule has 2 aromatic heterocycles. The van der Waals surface area contributed by atoms with Gasteiger partial charge < -0.3 is 14.8 Å². The number of hydrogen-bond donors (Lipinski definition) is 2. The minimum Gasteiger partial charge on any atom is -0.361 e. The number of rotatable bonds is 5. The third-order valence-corrected chi connectivity index (χ3v) is 4.85. The molecule has 2 N–H and O–H groups in total. The highest BCUT2D eigenvalue weighted by Crippen LogP contribution is 2.20. The fourth-order valence-electron chi connectivity index (χ4n) is 3.45. The molecule has 25 heavy (non-hydrogen) atoms. The van der Waals surface area contributed by atoms with Crippen molar-refractivity contribution in [3.8, 4) is 0 Å². The van der Waals surface area contributed by atoms with E-state index in [-0.39, 0.29) is 5.91 Å². The molecule has 1 aromatic carbocycles. The summed E-state index contributed by atoms with van der Waals surface area (Å²) in [6.45, 7) is 3.08. The summed E-state index contributed by atoms with van der Waals surface area (Å²) in [5.41, 5.74) is 2.45. The van der Waals surface area contributed by atoms with Crippen LogP contribution in [0, 0.1) is 0 Å². The van der Waals surface area contributed by atoms with E-state index in [1.165, 1.54) is 17.3 Å². The van der Waals surface area contributed by atoms with E-state index in [0.717, 1.165) is 50.5 Å². The van der Waals surface area contributed by atoms with Crippen LogP contribution < -0.4 is 4.90 Å². The lowest BCUT2D eigenvalue weighted by Crippen LogP contribution is -2.49. The summed E-state index contributed by atoms with van der Waals surface area (Å²) in [5, 5.41) is 8.01. The molecule has 1 amide bonds. The Bertz CT molecular complexity index is 832. The van der Waals surface area contributed by atoms with Crippen LogP contribution in [0.4, 0.5) is 5.95 Å². The molecule has 3 aromatic rings. The maximum Gasteiger partial charge on any atom is 0.222 e. The number of aromatic nitrogens is 4. The first kappa shape index (κ1) is 15.7. The van der Waals surface area contributed by atoms with Crippen LogP contribution in [0.15, 0.2) is 36.8 Å². The van der Waals surface area contributed by atoms with Gasteiger partial charge in [0.2, 0.25) is 11.9 Å². The van der Waals surface area contributed by atoms with E-state index < -0.39 is 0 Å². The Labute approximate surface area is 146 Å². The Morgan fingerprint density at radius 3 is 2.80 bits per heavy atom. The van der Waals surface area contributed by atoms with E-state index in [2.05, 4.69) is 49.5 Å². The molecule has 3 heterocycles. The van der Waals surface area contributed by atoms with Gasteiger partial charge in [0.25, 0.3) is 0 Å². The number of para-hydroxylation sites is 1. The predicted molar refractivity (Wildman–Crippen MR) is 96.4 cm³/mol. The average Bonchev–Trinajstić information content (AvgIpc) is 3.32. The fraction of sp³-hybridized carbons (Fsp3) is 0.389. The third kappa shape index (κ3) is 3.35. The summed E-state index contributed by atoms with van der Waals surface area (Å²) in [4.78, 5) is 24.0. The number of nitrogens with zero attached hydrogens (tertiary/aromatic N) is 4. The molecule has 0 atom stereocenters. The molecular weight excluding hydrogens is 316 g/mol.